The van der Waals surface area contributed by atoms with Crippen LogP contribution < -0.4 is 5.56 Å². The largest absolute Gasteiger partial charge is 0.309 e. The Hall–Kier alpha value is -2.24. The van der Waals surface area contributed by atoms with E-state index in [0.29, 0.717) is 34.8 Å². The van der Waals surface area contributed by atoms with Crippen molar-refractivity contribution < 1.29 is 4.39 Å². The van der Waals surface area contributed by atoms with Gasteiger partial charge in [0, 0.05) is 11.6 Å². The highest BCUT2D eigenvalue weighted by Gasteiger charge is 2.09. The van der Waals surface area contributed by atoms with Gasteiger partial charge in [0.2, 0.25) is 0 Å². The molecule has 0 saturated carbocycles. The van der Waals surface area contributed by atoms with E-state index >= 15 is 0 Å². The van der Waals surface area contributed by atoms with Crippen LogP contribution in [0.3, 0.4) is 0 Å². The minimum atomic E-state index is -0.359. The van der Waals surface area contributed by atoms with Crippen molar-refractivity contribution in [1.29, 1.82) is 0 Å². The predicted molar refractivity (Wildman–Crippen MR) is 88.9 cm³/mol. The molecule has 1 heterocycles. The fourth-order valence-electron chi connectivity index (χ4n) is 2.46. The Morgan fingerprint density at radius 3 is 2.78 bits per heavy atom. The van der Waals surface area contributed by atoms with Gasteiger partial charge in [-0.05, 0) is 36.9 Å². The number of fused-ring (bicyclic) bond motifs is 1. The van der Waals surface area contributed by atoms with Gasteiger partial charge in [-0.1, -0.05) is 29.8 Å². The van der Waals surface area contributed by atoms with E-state index < -0.39 is 0 Å². The third kappa shape index (κ3) is 3.57. The molecule has 3 aromatic rings. The number of nitrogens with one attached hydrogen (secondary N) is 1. The number of hydrogen-bond donors (Lipinski definition) is 1. The van der Waals surface area contributed by atoms with Gasteiger partial charge >= 0.3 is 0 Å². The van der Waals surface area contributed by atoms with E-state index in [4.69, 9.17) is 11.6 Å². The zero-order valence-electron chi connectivity index (χ0n) is 12.5. The van der Waals surface area contributed by atoms with Crippen LogP contribution in [0, 0.1) is 5.82 Å². The second-order valence-corrected chi connectivity index (χ2v) is 5.84. The average Bonchev–Trinajstić information content (AvgIpc) is 2.50. The summed E-state index contributed by atoms with van der Waals surface area (Å²) >= 11 is 6.04. The first kappa shape index (κ1) is 15.6. The van der Waals surface area contributed by atoms with Crippen molar-refractivity contribution >= 4 is 22.5 Å². The number of para-hydroxylation sites is 1. The van der Waals surface area contributed by atoms with Gasteiger partial charge in [0.1, 0.15) is 11.6 Å². The molecule has 0 atom stereocenters. The zero-order valence-corrected chi connectivity index (χ0v) is 13.3. The van der Waals surface area contributed by atoms with Crippen LogP contribution in [0.4, 0.5) is 4.39 Å². The maximum absolute atomic E-state index is 13.1. The minimum Gasteiger partial charge on any atom is -0.309 e. The molecular formula is C17H15ClFN3O. The Bertz CT molecular complexity index is 910. The Labute approximate surface area is 137 Å². The molecule has 1 aromatic heterocycles. The summed E-state index contributed by atoms with van der Waals surface area (Å²) in [4.78, 5) is 21.3. The Balaban J connectivity index is 1.80. The van der Waals surface area contributed by atoms with Crippen LogP contribution in [0.15, 0.2) is 47.3 Å². The molecule has 0 unspecified atom stereocenters. The zero-order chi connectivity index (χ0) is 16.4. The van der Waals surface area contributed by atoms with Gasteiger partial charge in [-0.2, -0.15) is 0 Å². The van der Waals surface area contributed by atoms with Crippen molar-refractivity contribution in [3.8, 4) is 0 Å². The summed E-state index contributed by atoms with van der Waals surface area (Å²) in [6.07, 6.45) is 0. The summed E-state index contributed by atoms with van der Waals surface area (Å²) in [7, 11) is 1.88. The van der Waals surface area contributed by atoms with E-state index in [0.717, 1.165) is 5.56 Å². The van der Waals surface area contributed by atoms with Gasteiger partial charge in [0.15, 0.2) is 0 Å². The van der Waals surface area contributed by atoms with E-state index in [1.165, 1.54) is 12.1 Å². The molecule has 0 fully saturated rings. The lowest BCUT2D eigenvalue weighted by atomic mass is 10.2. The second kappa shape index (κ2) is 6.48. The van der Waals surface area contributed by atoms with Gasteiger partial charge in [-0.15, -0.1) is 0 Å². The Morgan fingerprint density at radius 2 is 2.00 bits per heavy atom. The van der Waals surface area contributed by atoms with Crippen molar-refractivity contribution in [1.82, 2.24) is 14.9 Å². The van der Waals surface area contributed by atoms with Crippen molar-refractivity contribution in [3.05, 3.63) is 75.0 Å². The fourth-order valence-corrected chi connectivity index (χ4v) is 2.69. The summed E-state index contributed by atoms with van der Waals surface area (Å²) in [5, 5.41) is 0.956. The first-order valence-electron chi connectivity index (χ1n) is 7.13. The van der Waals surface area contributed by atoms with Crippen molar-refractivity contribution in [2.75, 3.05) is 7.05 Å². The maximum atomic E-state index is 13.1. The first-order chi connectivity index (χ1) is 11.0. The molecule has 0 radical (unpaired) electrons. The smallest absolute Gasteiger partial charge is 0.258 e. The highest BCUT2D eigenvalue weighted by molar-refractivity contribution is 6.31. The summed E-state index contributed by atoms with van der Waals surface area (Å²) in [5.74, 6) is 0.219. The lowest BCUT2D eigenvalue weighted by molar-refractivity contribution is 0.310. The predicted octanol–water partition coefficient (Wildman–Crippen LogP) is 3.35. The van der Waals surface area contributed by atoms with Crippen molar-refractivity contribution in [3.63, 3.8) is 0 Å². The molecule has 23 heavy (non-hydrogen) atoms. The summed E-state index contributed by atoms with van der Waals surface area (Å²) in [5.41, 5.74) is 1.33. The number of aromatic amines is 1. The van der Waals surface area contributed by atoms with Gasteiger partial charge in [0.05, 0.1) is 17.4 Å². The molecule has 0 aliphatic heterocycles. The van der Waals surface area contributed by atoms with Crippen LogP contribution in [0.1, 0.15) is 11.4 Å². The van der Waals surface area contributed by atoms with Crippen LogP contribution in [0.2, 0.25) is 5.02 Å². The molecule has 4 nitrogen and oxygen atoms in total. The van der Waals surface area contributed by atoms with E-state index in [1.807, 2.05) is 30.1 Å². The SMILES string of the molecule is CN(Cc1nc2ccccc2c(=O)[nH]1)Cc1ccc(F)cc1Cl. The third-order valence-corrected chi connectivity index (χ3v) is 3.89. The number of rotatable bonds is 4. The van der Waals surface area contributed by atoms with Crippen molar-refractivity contribution in [2.24, 2.45) is 0 Å². The number of aromatic nitrogens is 2. The van der Waals surface area contributed by atoms with E-state index in [2.05, 4.69) is 9.97 Å². The lowest BCUT2D eigenvalue weighted by Gasteiger charge is -2.17. The molecule has 3 rings (SSSR count). The van der Waals surface area contributed by atoms with E-state index in [1.54, 1.807) is 12.1 Å². The normalized spacial score (nSPS) is 11.3. The Kier molecular flexibility index (Phi) is 4.41. The molecule has 6 heteroatoms. The topological polar surface area (TPSA) is 49.0 Å². The van der Waals surface area contributed by atoms with Crippen molar-refractivity contribution in [2.45, 2.75) is 13.1 Å². The molecule has 0 amide bonds. The average molecular weight is 332 g/mol. The molecule has 1 N–H and O–H groups in total. The third-order valence-electron chi connectivity index (χ3n) is 3.54. The summed E-state index contributed by atoms with van der Waals surface area (Å²) in [6.45, 7) is 0.976. The van der Waals surface area contributed by atoms with Crippen LogP contribution in [0.25, 0.3) is 10.9 Å². The monoisotopic (exact) mass is 331 g/mol. The van der Waals surface area contributed by atoms with Gasteiger partial charge in [-0.25, -0.2) is 9.37 Å². The van der Waals surface area contributed by atoms with E-state index in [-0.39, 0.29) is 11.4 Å². The molecule has 2 aromatic carbocycles. The summed E-state index contributed by atoms with van der Waals surface area (Å²) < 4.78 is 13.1. The van der Waals surface area contributed by atoms with Crippen LogP contribution in [0.5, 0.6) is 0 Å². The Morgan fingerprint density at radius 1 is 1.22 bits per heavy atom. The second-order valence-electron chi connectivity index (χ2n) is 5.44. The number of halogens is 2. The van der Waals surface area contributed by atoms with Crippen LogP contribution >= 0.6 is 11.6 Å². The maximum Gasteiger partial charge on any atom is 0.258 e. The van der Waals surface area contributed by atoms with Crippen LogP contribution in [-0.2, 0) is 13.1 Å². The lowest BCUT2D eigenvalue weighted by Crippen LogP contribution is -2.22. The van der Waals surface area contributed by atoms with Gasteiger partial charge < -0.3 is 4.98 Å². The molecule has 0 aliphatic rings. The molecule has 0 aliphatic carbocycles. The molecule has 0 saturated heterocycles. The number of H-pyrrole nitrogens is 1. The molecule has 0 spiro atoms. The fraction of sp³-hybridized carbons (Fsp3) is 0.176. The minimum absolute atomic E-state index is 0.154. The van der Waals surface area contributed by atoms with Gasteiger partial charge in [-0.3, -0.25) is 9.69 Å². The van der Waals surface area contributed by atoms with Crippen LogP contribution in [-0.4, -0.2) is 21.9 Å². The quantitative estimate of drug-likeness (QED) is 0.797. The molecular weight excluding hydrogens is 317 g/mol. The highest BCUT2D eigenvalue weighted by Crippen LogP contribution is 2.19. The van der Waals surface area contributed by atoms with Gasteiger partial charge in [0.25, 0.3) is 5.56 Å². The first-order valence-corrected chi connectivity index (χ1v) is 7.51. The molecule has 118 valence electrons. The summed E-state index contributed by atoms with van der Waals surface area (Å²) in [6, 6.07) is 11.5. The number of nitrogens with zero attached hydrogens (tertiary/aromatic N) is 2. The standard InChI is InChI=1S/C17H15ClFN3O/c1-22(9-11-6-7-12(19)8-14(11)18)10-16-20-15-5-3-2-4-13(15)17(23)21-16/h2-8H,9-10H2,1H3,(H,20,21,23). The highest BCUT2D eigenvalue weighted by atomic mass is 35.5. The van der Waals surface area contributed by atoms with E-state index in [9.17, 15) is 9.18 Å². The number of hydrogen-bond acceptors (Lipinski definition) is 3. The number of benzene rings is 2. The molecule has 0 bridgehead atoms.